The Bertz CT molecular complexity index is 649. The lowest BCUT2D eigenvalue weighted by Crippen LogP contribution is -2.29. The highest BCUT2D eigenvalue weighted by molar-refractivity contribution is 8.05. The lowest BCUT2D eigenvalue weighted by molar-refractivity contribution is -0.116. The molecule has 0 saturated carbocycles. The van der Waals surface area contributed by atoms with Gasteiger partial charge < -0.3 is 5.73 Å². The summed E-state index contributed by atoms with van der Waals surface area (Å²) in [6.45, 7) is 1.66. The second-order valence-corrected chi connectivity index (χ2v) is 5.40. The van der Waals surface area contributed by atoms with Gasteiger partial charge in [0.25, 0.3) is 5.91 Å². The zero-order valence-corrected chi connectivity index (χ0v) is 11.3. The minimum Gasteiger partial charge on any atom is -0.365 e. The molecule has 2 amide bonds. The Labute approximate surface area is 118 Å². The van der Waals surface area contributed by atoms with Gasteiger partial charge in [0.1, 0.15) is 22.5 Å². The van der Waals surface area contributed by atoms with Crippen LogP contribution in [0.25, 0.3) is 0 Å². The van der Waals surface area contributed by atoms with Crippen LogP contribution in [0.4, 0.5) is 10.1 Å². The average molecular weight is 291 g/mol. The zero-order valence-electron chi connectivity index (χ0n) is 10.5. The van der Waals surface area contributed by atoms with Crippen LogP contribution in [0.2, 0.25) is 0 Å². The summed E-state index contributed by atoms with van der Waals surface area (Å²) >= 11 is 1.08. The monoisotopic (exact) mass is 291 g/mol. The summed E-state index contributed by atoms with van der Waals surface area (Å²) in [6.07, 6.45) is 0. The second-order valence-electron chi connectivity index (χ2n) is 4.07. The summed E-state index contributed by atoms with van der Waals surface area (Å²) in [5, 5.41) is 8.76. The molecule has 1 aromatic rings. The molecule has 0 unspecified atom stereocenters. The molecule has 7 heteroatoms. The number of nitrogens with two attached hydrogens (primary N) is 1. The zero-order chi connectivity index (χ0) is 14.9. The number of hydrogen-bond donors (Lipinski definition) is 1. The molecule has 0 radical (unpaired) electrons. The number of benzene rings is 1. The van der Waals surface area contributed by atoms with E-state index in [0.29, 0.717) is 5.69 Å². The van der Waals surface area contributed by atoms with Crippen molar-refractivity contribution in [3.8, 4) is 6.07 Å². The highest BCUT2D eigenvalue weighted by Gasteiger charge is 2.37. The van der Waals surface area contributed by atoms with E-state index in [0.717, 1.165) is 11.8 Å². The Morgan fingerprint density at radius 2 is 2.05 bits per heavy atom. The van der Waals surface area contributed by atoms with Crippen molar-refractivity contribution in [2.24, 2.45) is 5.73 Å². The number of nitriles is 1. The lowest BCUT2D eigenvalue weighted by atomic mass is 10.2. The number of anilines is 1. The largest absolute Gasteiger partial charge is 0.365 e. The van der Waals surface area contributed by atoms with Crippen molar-refractivity contribution >= 4 is 29.3 Å². The lowest BCUT2D eigenvalue weighted by Gasteiger charge is -2.17. The molecular formula is C13H10FN3O2S. The van der Waals surface area contributed by atoms with Gasteiger partial charge in [-0.25, -0.2) is 4.39 Å². The molecule has 1 saturated heterocycles. The minimum atomic E-state index is -0.899. The third-order valence-electron chi connectivity index (χ3n) is 2.72. The fraction of sp³-hybridized carbons (Fsp3) is 0.154. The highest BCUT2D eigenvalue weighted by atomic mass is 32.2. The van der Waals surface area contributed by atoms with Gasteiger partial charge in [0.05, 0.1) is 5.25 Å². The first-order valence-electron chi connectivity index (χ1n) is 5.66. The van der Waals surface area contributed by atoms with Gasteiger partial charge in [-0.05, 0) is 31.2 Å². The number of nitrogens with zero attached hydrogens (tertiary/aromatic N) is 2. The molecule has 0 aromatic heterocycles. The van der Waals surface area contributed by atoms with Gasteiger partial charge in [0.15, 0.2) is 0 Å². The maximum absolute atomic E-state index is 13.0. The van der Waals surface area contributed by atoms with Crippen LogP contribution < -0.4 is 10.6 Å². The van der Waals surface area contributed by atoms with E-state index < -0.39 is 17.0 Å². The van der Waals surface area contributed by atoms with Crippen molar-refractivity contribution in [1.29, 1.82) is 5.26 Å². The van der Waals surface area contributed by atoms with Gasteiger partial charge in [0.2, 0.25) is 5.91 Å². The van der Waals surface area contributed by atoms with Crippen LogP contribution in [0.3, 0.4) is 0 Å². The smallest absolute Gasteiger partial charge is 0.262 e. The van der Waals surface area contributed by atoms with E-state index in [-0.39, 0.29) is 16.5 Å². The van der Waals surface area contributed by atoms with E-state index in [1.165, 1.54) is 29.2 Å². The van der Waals surface area contributed by atoms with Gasteiger partial charge in [0, 0.05) is 5.69 Å². The Morgan fingerprint density at radius 1 is 1.45 bits per heavy atom. The topological polar surface area (TPSA) is 87.2 Å². The molecule has 20 heavy (non-hydrogen) atoms. The molecule has 2 rings (SSSR count). The minimum absolute atomic E-state index is 0.184. The van der Waals surface area contributed by atoms with Gasteiger partial charge in [-0.3, -0.25) is 14.5 Å². The highest BCUT2D eigenvalue weighted by Crippen LogP contribution is 2.40. The predicted octanol–water partition coefficient (Wildman–Crippen LogP) is 1.51. The average Bonchev–Trinajstić information content (AvgIpc) is 2.68. The molecule has 1 aliphatic heterocycles. The number of amides is 2. The van der Waals surface area contributed by atoms with Crippen molar-refractivity contribution in [1.82, 2.24) is 0 Å². The summed E-state index contributed by atoms with van der Waals surface area (Å²) in [5.74, 6) is -1.63. The van der Waals surface area contributed by atoms with Crippen LogP contribution in [0.1, 0.15) is 6.92 Å². The summed E-state index contributed by atoms with van der Waals surface area (Å²) < 4.78 is 13.0. The van der Waals surface area contributed by atoms with Crippen molar-refractivity contribution in [2.75, 3.05) is 4.90 Å². The van der Waals surface area contributed by atoms with Crippen molar-refractivity contribution in [3.63, 3.8) is 0 Å². The van der Waals surface area contributed by atoms with E-state index >= 15 is 0 Å². The third kappa shape index (κ3) is 2.38. The number of rotatable bonds is 2. The Balaban J connectivity index is 2.58. The fourth-order valence-electron chi connectivity index (χ4n) is 1.77. The van der Waals surface area contributed by atoms with Gasteiger partial charge in [-0.2, -0.15) is 5.26 Å². The number of hydrogen-bond acceptors (Lipinski definition) is 4. The molecule has 1 fully saturated rings. The molecular weight excluding hydrogens is 281 g/mol. The first kappa shape index (κ1) is 14.1. The quantitative estimate of drug-likeness (QED) is 0.661. The van der Waals surface area contributed by atoms with E-state index in [1.54, 1.807) is 13.0 Å². The van der Waals surface area contributed by atoms with Crippen LogP contribution in [0.5, 0.6) is 0 Å². The van der Waals surface area contributed by atoms with Crippen LogP contribution >= 0.6 is 11.8 Å². The van der Waals surface area contributed by atoms with Crippen LogP contribution in [-0.2, 0) is 9.59 Å². The molecule has 0 aliphatic carbocycles. The van der Waals surface area contributed by atoms with E-state index in [9.17, 15) is 14.0 Å². The summed E-state index contributed by atoms with van der Waals surface area (Å²) in [5.41, 5.74) is 5.26. The molecule has 0 spiro atoms. The Kier molecular flexibility index (Phi) is 3.77. The van der Waals surface area contributed by atoms with Crippen LogP contribution in [0.15, 0.2) is 34.9 Å². The first-order valence-corrected chi connectivity index (χ1v) is 6.54. The number of halogens is 1. The first-order chi connectivity index (χ1) is 9.45. The SMILES string of the molecule is C[C@H]1S/C(=C(/C#N)C(N)=O)N(c2ccc(F)cc2)C1=O. The number of thioether (sulfide) groups is 1. The van der Waals surface area contributed by atoms with Crippen molar-refractivity contribution in [2.45, 2.75) is 12.2 Å². The molecule has 1 atom stereocenters. The van der Waals surface area contributed by atoms with Gasteiger partial charge in [-0.1, -0.05) is 11.8 Å². The summed E-state index contributed by atoms with van der Waals surface area (Å²) in [7, 11) is 0. The molecule has 1 aromatic carbocycles. The number of primary amides is 1. The van der Waals surface area contributed by atoms with E-state index in [2.05, 4.69) is 0 Å². The Morgan fingerprint density at radius 3 is 2.55 bits per heavy atom. The van der Waals surface area contributed by atoms with E-state index in [1.807, 2.05) is 0 Å². The molecule has 2 N–H and O–H groups in total. The van der Waals surface area contributed by atoms with Gasteiger partial charge >= 0.3 is 0 Å². The number of carbonyl (C=O) groups is 2. The normalized spacial score (nSPS) is 20.8. The maximum Gasteiger partial charge on any atom is 0.262 e. The Hall–Kier alpha value is -2.33. The van der Waals surface area contributed by atoms with E-state index in [4.69, 9.17) is 11.0 Å². The van der Waals surface area contributed by atoms with Gasteiger partial charge in [-0.15, -0.1) is 0 Å². The van der Waals surface area contributed by atoms with Crippen molar-refractivity contribution < 1.29 is 14.0 Å². The second kappa shape index (κ2) is 5.35. The fourth-order valence-corrected chi connectivity index (χ4v) is 2.87. The molecule has 1 aliphatic rings. The summed E-state index contributed by atoms with van der Waals surface area (Å²) in [4.78, 5) is 24.7. The van der Waals surface area contributed by atoms with Crippen LogP contribution in [-0.4, -0.2) is 17.1 Å². The molecule has 0 bridgehead atoms. The molecule has 102 valence electrons. The standard InChI is InChI=1S/C13H10FN3O2S/c1-7-12(19)17(9-4-2-8(14)3-5-9)13(20-7)10(6-15)11(16)18/h2-5,7H,1H3,(H2,16,18)/b13-10-/t7-/m1/s1. The van der Waals surface area contributed by atoms with Crippen molar-refractivity contribution in [3.05, 3.63) is 40.7 Å². The maximum atomic E-state index is 13.0. The number of carbonyl (C=O) groups excluding carboxylic acids is 2. The summed E-state index contributed by atoms with van der Waals surface area (Å²) in [6, 6.07) is 6.92. The molecule has 5 nitrogen and oxygen atoms in total. The third-order valence-corrected chi connectivity index (χ3v) is 3.88. The molecule has 1 heterocycles. The van der Waals surface area contributed by atoms with Crippen LogP contribution in [0, 0.1) is 17.1 Å². The predicted molar refractivity (Wildman–Crippen MR) is 72.8 cm³/mol.